The standard InChI is InChI=1S/C34H36FN3O6/c1-19(2)32-28(14-12-25-16-24(39)17-29(40)44-25)31(20-7-9-22(35)10-8-20)27-6-4-5-21-15-23(11-13-26(21)33(27)38-32)37-34(42)36-18-30(41)43-3/h7-15,19,24-25,39H,4-6,16-18H2,1-3H3,(H2,36,37,42)/t24-,25-/m1/s1. The lowest BCUT2D eigenvalue weighted by Crippen LogP contribution is -2.33. The number of benzene rings is 2. The summed E-state index contributed by atoms with van der Waals surface area (Å²) >= 11 is 0. The Hall–Kier alpha value is -4.57. The van der Waals surface area contributed by atoms with Crippen LogP contribution in [0.15, 0.2) is 48.5 Å². The summed E-state index contributed by atoms with van der Waals surface area (Å²) in [5.41, 5.74) is 7.89. The number of aryl methyl sites for hydroxylation is 1. The van der Waals surface area contributed by atoms with E-state index in [4.69, 9.17) is 9.72 Å². The first kappa shape index (κ1) is 30.9. The molecule has 3 N–H and O–H groups in total. The summed E-state index contributed by atoms with van der Waals surface area (Å²) in [4.78, 5) is 40.9. The fraction of sp³-hybridized carbons (Fsp3) is 0.353. The van der Waals surface area contributed by atoms with Crippen molar-refractivity contribution < 1.29 is 33.4 Å². The van der Waals surface area contributed by atoms with Crippen molar-refractivity contribution in [2.75, 3.05) is 19.0 Å². The van der Waals surface area contributed by atoms with Crippen LogP contribution in [-0.2, 0) is 31.9 Å². The van der Waals surface area contributed by atoms with Gasteiger partial charge >= 0.3 is 18.0 Å². The summed E-state index contributed by atoms with van der Waals surface area (Å²) < 4.78 is 24.1. The van der Waals surface area contributed by atoms with Crippen LogP contribution in [0.2, 0.25) is 0 Å². The average Bonchev–Trinajstić information content (AvgIpc) is 3.17. The number of hydrogen-bond donors (Lipinski definition) is 3. The highest BCUT2D eigenvalue weighted by atomic mass is 19.1. The number of anilines is 1. The van der Waals surface area contributed by atoms with Crippen molar-refractivity contribution in [1.29, 1.82) is 0 Å². The van der Waals surface area contributed by atoms with E-state index in [2.05, 4.69) is 29.2 Å². The molecule has 0 radical (unpaired) electrons. The van der Waals surface area contributed by atoms with Crippen LogP contribution in [-0.4, -0.2) is 53.9 Å². The molecule has 5 rings (SSSR count). The van der Waals surface area contributed by atoms with Gasteiger partial charge in [0.2, 0.25) is 0 Å². The van der Waals surface area contributed by atoms with Crippen molar-refractivity contribution in [2.45, 2.75) is 64.1 Å². The predicted molar refractivity (Wildman–Crippen MR) is 164 cm³/mol. The first-order valence-corrected chi connectivity index (χ1v) is 14.8. The highest BCUT2D eigenvalue weighted by Crippen LogP contribution is 2.42. The third kappa shape index (κ3) is 6.97. The maximum Gasteiger partial charge on any atom is 0.325 e. The Labute approximate surface area is 255 Å². The number of aliphatic hydroxyl groups excluding tert-OH is 1. The number of halogens is 1. The van der Waals surface area contributed by atoms with Crippen molar-refractivity contribution >= 4 is 29.7 Å². The van der Waals surface area contributed by atoms with Crippen LogP contribution in [0.1, 0.15) is 61.4 Å². The van der Waals surface area contributed by atoms with Crippen molar-refractivity contribution in [3.8, 4) is 22.4 Å². The van der Waals surface area contributed by atoms with Crippen LogP contribution in [0.25, 0.3) is 28.5 Å². The highest BCUT2D eigenvalue weighted by molar-refractivity contribution is 5.92. The van der Waals surface area contributed by atoms with E-state index < -0.39 is 30.2 Å². The molecule has 0 unspecified atom stereocenters. The number of hydrogen-bond acceptors (Lipinski definition) is 7. The Bertz CT molecular complexity index is 1600. The van der Waals surface area contributed by atoms with Gasteiger partial charge in [0, 0.05) is 23.2 Å². The molecule has 1 aliphatic heterocycles. The molecule has 9 nitrogen and oxygen atoms in total. The van der Waals surface area contributed by atoms with Crippen molar-refractivity contribution in [2.24, 2.45) is 0 Å². The molecule has 44 heavy (non-hydrogen) atoms. The van der Waals surface area contributed by atoms with Gasteiger partial charge in [-0.1, -0.05) is 38.1 Å². The number of rotatable bonds is 7. The Morgan fingerprint density at radius 3 is 2.66 bits per heavy atom. The quantitative estimate of drug-likeness (QED) is 0.304. The average molecular weight is 602 g/mol. The van der Waals surface area contributed by atoms with Gasteiger partial charge in [0.05, 0.1) is 31.0 Å². The van der Waals surface area contributed by atoms with Gasteiger partial charge in [-0.2, -0.15) is 0 Å². The van der Waals surface area contributed by atoms with Crippen molar-refractivity contribution in [3.05, 3.63) is 76.7 Å². The molecule has 0 spiro atoms. The number of nitrogens with zero attached hydrogens (tertiary/aromatic N) is 1. The van der Waals surface area contributed by atoms with E-state index >= 15 is 0 Å². The van der Waals surface area contributed by atoms with Gasteiger partial charge in [0.15, 0.2) is 0 Å². The Morgan fingerprint density at radius 1 is 1.18 bits per heavy atom. The maximum absolute atomic E-state index is 14.1. The normalized spacial score (nSPS) is 17.8. The molecule has 1 aromatic heterocycles. The second kappa shape index (κ2) is 13.4. The van der Waals surface area contributed by atoms with Crippen LogP contribution in [0.3, 0.4) is 0 Å². The predicted octanol–water partition coefficient (Wildman–Crippen LogP) is 5.54. The topological polar surface area (TPSA) is 127 Å². The minimum Gasteiger partial charge on any atom is -0.468 e. The van der Waals surface area contributed by atoms with Gasteiger partial charge in [0.25, 0.3) is 0 Å². The molecule has 2 aliphatic rings. The highest BCUT2D eigenvalue weighted by Gasteiger charge is 2.28. The van der Waals surface area contributed by atoms with Crippen LogP contribution < -0.4 is 10.6 Å². The largest absolute Gasteiger partial charge is 0.468 e. The first-order chi connectivity index (χ1) is 21.1. The van der Waals surface area contributed by atoms with Gasteiger partial charge in [-0.25, -0.2) is 9.18 Å². The van der Waals surface area contributed by atoms with E-state index in [9.17, 15) is 23.9 Å². The van der Waals surface area contributed by atoms with Gasteiger partial charge in [-0.15, -0.1) is 0 Å². The SMILES string of the molecule is COC(=O)CNC(=O)Nc1ccc2c(c1)CCCc1c-2nc(C(C)C)c(C=C[C@@H]2C[C@@H](O)CC(=O)O2)c1-c1ccc(F)cc1. The molecule has 10 heteroatoms. The van der Waals surface area contributed by atoms with Crippen LogP contribution in [0.4, 0.5) is 14.9 Å². The fourth-order valence-corrected chi connectivity index (χ4v) is 5.77. The van der Waals surface area contributed by atoms with E-state index in [1.807, 2.05) is 18.2 Å². The summed E-state index contributed by atoms with van der Waals surface area (Å²) in [6.45, 7) is 3.88. The first-order valence-electron chi connectivity index (χ1n) is 14.8. The molecule has 2 aromatic carbocycles. The number of amides is 2. The number of fused-ring (bicyclic) bond motifs is 3. The second-order valence-electron chi connectivity index (χ2n) is 11.4. The molecule has 3 aromatic rings. The van der Waals surface area contributed by atoms with E-state index in [0.717, 1.165) is 57.6 Å². The Balaban J connectivity index is 1.60. The zero-order chi connectivity index (χ0) is 31.4. The third-order valence-corrected chi connectivity index (χ3v) is 7.82. The number of ether oxygens (including phenoxy) is 2. The Kier molecular flexibility index (Phi) is 9.39. The number of methoxy groups -OCH3 is 1. The summed E-state index contributed by atoms with van der Waals surface area (Å²) in [5.74, 6) is -1.30. The zero-order valence-electron chi connectivity index (χ0n) is 25.0. The van der Waals surface area contributed by atoms with Gasteiger partial charge in [-0.05, 0) is 77.8 Å². The maximum atomic E-state index is 14.1. The van der Waals surface area contributed by atoms with Gasteiger partial charge in [-0.3, -0.25) is 14.6 Å². The van der Waals surface area contributed by atoms with Crippen molar-refractivity contribution in [3.63, 3.8) is 0 Å². The van der Waals surface area contributed by atoms with E-state index in [0.29, 0.717) is 18.5 Å². The summed E-state index contributed by atoms with van der Waals surface area (Å²) in [5, 5.41) is 15.4. The fourth-order valence-electron chi connectivity index (χ4n) is 5.77. The number of carbonyl (C=O) groups is 3. The number of urea groups is 1. The van der Waals surface area contributed by atoms with Crippen LogP contribution in [0, 0.1) is 5.82 Å². The van der Waals surface area contributed by atoms with E-state index in [-0.39, 0.29) is 24.7 Å². The number of aromatic nitrogens is 1. The minimum atomic E-state index is -0.757. The monoisotopic (exact) mass is 601 g/mol. The lowest BCUT2D eigenvalue weighted by Gasteiger charge is -2.25. The molecule has 1 saturated heterocycles. The molecular weight excluding hydrogens is 565 g/mol. The number of cyclic esters (lactones) is 1. The van der Waals surface area contributed by atoms with Crippen molar-refractivity contribution in [1.82, 2.24) is 10.3 Å². The van der Waals surface area contributed by atoms with Gasteiger partial charge in [0.1, 0.15) is 18.5 Å². The minimum absolute atomic E-state index is 0.0162. The molecule has 0 bridgehead atoms. The lowest BCUT2D eigenvalue weighted by atomic mass is 9.86. The van der Waals surface area contributed by atoms with Crippen LogP contribution >= 0.6 is 0 Å². The van der Waals surface area contributed by atoms with E-state index in [1.165, 1.54) is 19.2 Å². The number of esters is 2. The molecule has 2 atom stereocenters. The third-order valence-electron chi connectivity index (χ3n) is 7.82. The summed E-state index contributed by atoms with van der Waals surface area (Å²) in [6, 6.07) is 11.6. The molecular formula is C34H36FN3O6. The second-order valence-corrected chi connectivity index (χ2v) is 11.4. The zero-order valence-corrected chi connectivity index (χ0v) is 25.0. The summed E-state index contributed by atoms with van der Waals surface area (Å²) in [6.07, 6.45) is 4.96. The van der Waals surface area contributed by atoms with Crippen LogP contribution in [0.5, 0.6) is 0 Å². The lowest BCUT2D eigenvalue weighted by molar-refractivity contribution is -0.156. The molecule has 2 amide bonds. The summed E-state index contributed by atoms with van der Waals surface area (Å²) in [7, 11) is 1.25. The number of carbonyl (C=O) groups excluding carboxylic acids is 3. The number of nitrogens with one attached hydrogen (secondary N) is 2. The van der Waals surface area contributed by atoms with Gasteiger partial charge < -0.3 is 25.2 Å². The number of pyridine rings is 1. The van der Waals surface area contributed by atoms with E-state index in [1.54, 1.807) is 24.3 Å². The molecule has 0 saturated carbocycles. The Morgan fingerprint density at radius 2 is 1.95 bits per heavy atom. The molecule has 1 aliphatic carbocycles. The molecule has 2 heterocycles. The number of aliphatic hydroxyl groups is 1. The molecule has 1 fully saturated rings. The molecule has 230 valence electrons. The smallest absolute Gasteiger partial charge is 0.325 e.